The van der Waals surface area contributed by atoms with E-state index in [4.69, 9.17) is 4.74 Å². The van der Waals surface area contributed by atoms with Crippen LogP contribution in [-0.2, 0) is 9.53 Å². The lowest BCUT2D eigenvalue weighted by Gasteiger charge is -2.26. The van der Waals surface area contributed by atoms with Crippen LogP contribution in [0.15, 0.2) is 35.8 Å². The van der Waals surface area contributed by atoms with Crippen molar-refractivity contribution in [2.45, 2.75) is 25.7 Å². The monoisotopic (exact) mass is 387 g/mol. The summed E-state index contributed by atoms with van der Waals surface area (Å²) in [7, 11) is 0. The van der Waals surface area contributed by atoms with Crippen molar-refractivity contribution in [1.29, 1.82) is 0 Å². The third-order valence-corrected chi connectivity index (χ3v) is 5.41. The second kappa shape index (κ2) is 10.3. The number of hydrogen-bond acceptors (Lipinski definition) is 6. The molecule has 1 fully saturated rings. The summed E-state index contributed by atoms with van der Waals surface area (Å²) in [4.78, 5) is 32.0. The van der Waals surface area contributed by atoms with Gasteiger partial charge in [0.05, 0.1) is 23.7 Å². The average Bonchev–Trinajstić information content (AvgIpc) is 3.23. The molecule has 27 heavy (non-hydrogen) atoms. The molecule has 2 aromatic heterocycles. The largest absolute Gasteiger partial charge is 0.379 e. The van der Waals surface area contributed by atoms with Gasteiger partial charge in [-0.05, 0) is 43.0 Å². The second-order valence-corrected chi connectivity index (χ2v) is 7.47. The summed E-state index contributed by atoms with van der Waals surface area (Å²) in [5.74, 6) is 0.133. The van der Waals surface area contributed by atoms with E-state index in [0.717, 1.165) is 52.1 Å². The standard InChI is InChI=1S/C20H25N3O3S/c24-18(8-2-1-3-10-23-11-13-26-14-12-23)22-20-16(6-4-9-21-20)19(25)17-7-5-15-27-17/h4-7,9,15H,1-3,8,10-14H2,(H,21,22,24). The number of pyridine rings is 1. The van der Waals surface area contributed by atoms with Gasteiger partial charge < -0.3 is 10.1 Å². The molecule has 144 valence electrons. The van der Waals surface area contributed by atoms with E-state index >= 15 is 0 Å². The molecule has 0 radical (unpaired) electrons. The fraction of sp³-hybridized carbons (Fsp3) is 0.450. The lowest BCUT2D eigenvalue weighted by atomic mass is 10.1. The Morgan fingerprint density at radius 2 is 2.00 bits per heavy atom. The lowest BCUT2D eigenvalue weighted by molar-refractivity contribution is -0.116. The molecule has 0 unspecified atom stereocenters. The molecule has 7 heteroatoms. The molecular weight excluding hydrogens is 362 g/mol. The molecule has 1 saturated heterocycles. The molecular formula is C20H25N3O3S. The number of amides is 1. The molecule has 1 aliphatic rings. The number of nitrogens with one attached hydrogen (secondary N) is 1. The van der Waals surface area contributed by atoms with Gasteiger partial charge in [-0.2, -0.15) is 0 Å². The van der Waals surface area contributed by atoms with Gasteiger partial charge in [0, 0.05) is 25.7 Å². The van der Waals surface area contributed by atoms with Crippen molar-refractivity contribution in [3.8, 4) is 0 Å². The number of morpholine rings is 1. The van der Waals surface area contributed by atoms with Crippen LogP contribution in [0.5, 0.6) is 0 Å². The molecule has 1 N–H and O–H groups in total. The minimum Gasteiger partial charge on any atom is -0.379 e. The molecule has 0 saturated carbocycles. The van der Waals surface area contributed by atoms with Crippen LogP contribution in [0.25, 0.3) is 0 Å². The van der Waals surface area contributed by atoms with Crippen molar-refractivity contribution in [2.24, 2.45) is 0 Å². The van der Waals surface area contributed by atoms with E-state index in [-0.39, 0.29) is 11.7 Å². The molecule has 0 atom stereocenters. The predicted molar refractivity (Wildman–Crippen MR) is 106 cm³/mol. The summed E-state index contributed by atoms with van der Waals surface area (Å²) in [6, 6.07) is 7.03. The maximum Gasteiger partial charge on any atom is 0.225 e. The summed E-state index contributed by atoms with van der Waals surface area (Å²) in [5, 5.41) is 4.66. The summed E-state index contributed by atoms with van der Waals surface area (Å²) in [5.41, 5.74) is 0.431. The number of aromatic nitrogens is 1. The van der Waals surface area contributed by atoms with E-state index in [0.29, 0.717) is 22.7 Å². The number of anilines is 1. The van der Waals surface area contributed by atoms with Crippen LogP contribution in [0.2, 0.25) is 0 Å². The number of carbonyl (C=O) groups is 2. The number of hydrogen-bond donors (Lipinski definition) is 1. The maximum atomic E-state index is 12.6. The van der Waals surface area contributed by atoms with Crippen LogP contribution in [0.3, 0.4) is 0 Å². The number of nitrogens with zero attached hydrogens (tertiary/aromatic N) is 2. The van der Waals surface area contributed by atoms with E-state index in [1.807, 2.05) is 11.4 Å². The van der Waals surface area contributed by atoms with E-state index < -0.39 is 0 Å². The van der Waals surface area contributed by atoms with Gasteiger partial charge in [-0.1, -0.05) is 12.5 Å². The van der Waals surface area contributed by atoms with Gasteiger partial charge in [0.15, 0.2) is 0 Å². The van der Waals surface area contributed by atoms with Crippen molar-refractivity contribution >= 4 is 28.8 Å². The first-order valence-electron chi connectivity index (χ1n) is 9.37. The SMILES string of the molecule is O=C(CCCCCN1CCOCC1)Nc1ncccc1C(=O)c1cccs1. The highest BCUT2D eigenvalue weighted by Gasteiger charge is 2.17. The second-order valence-electron chi connectivity index (χ2n) is 6.52. The highest BCUT2D eigenvalue weighted by molar-refractivity contribution is 7.12. The van der Waals surface area contributed by atoms with Crippen molar-refractivity contribution in [1.82, 2.24) is 9.88 Å². The zero-order chi connectivity index (χ0) is 18.9. The van der Waals surface area contributed by atoms with Crippen LogP contribution in [0.4, 0.5) is 5.82 Å². The van der Waals surface area contributed by atoms with Crippen LogP contribution in [-0.4, -0.2) is 54.4 Å². The van der Waals surface area contributed by atoms with Gasteiger partial charge in [-0.25, -0.2) is 4.98 Å². The Bertz CT molecular complexity index is 743. The number of rotatable bonds is 9. The Hall–Kier alpha value is -2.09. The van der Waals surface area contributed by atoms with Crippen molar-refractivity contribution in [3.05, 3.63) is 46.3 Å². The van der Waals surface area contributed by atoms with E-state index in [9.17, 15) is 9.59 Å². The molecule has 1 amide bonds. The van der Waals surface area contributed by atoms with Crippen molar-refractivity contribution < 1.29 is 14.3 Å². The minimum atomic E-state index is -0.112. The Labute approximate surface area is 163 Å². The third-order valence-electron chi connectivity index (χ3n) is 4.54. The third kappa shape index (κ3) is 5.95. The zero-order valence-electron chi connectivity index (χ0n) is 15.4. The molecule has 3 heterocycles. The van der Waals surface area contributed by atoms with Gasteiger partial charge >= 0.3 is 0 Å². The van der Waals surface area contributed by atoms with E-state index in [2.05, 4.69) is 15.2 Å². The quantitative estimate of drug-likeness (QED) is 0.528. The summed E-state index contributed by atoms with van der Waals surface area (Å²) in [6.45, 7) is 4.70. The Morgan fingerprint density at radius 1 is 1.15 bits per heavy atom. The topological polar surface area (TPSA) is 71.5 Å². The number of thiophene rings is 1. The maximum absolute atomic E-state index is 12.6. The minimum absolute atomic E-state index is 0.0969. The fourth-order valence-corrected chi connectivity index (χ4v) is 3.72. The molecule has 0 aliphatic carbocycles. The number of ketones is 1. The Kier molecular flexibility index (Phi) is 7.50. The van der Waals surface area contributed by atoms with Crippen LogP contribution < -0.4 is 5.32 Å². The first-order chi connectivity index (χ1) is 13.2. The molecule has 3 rings (SSSR count). The predicted octanol–water partition coefficient (Wildman–Crippen LogP) is 3.21. The van der Waals surface area contributed by atoms with Crippen LogP contribution in [0, 0.1) is 0 Å². The fourth-order valence-electron chi connectivity index (χ4n) is 3.05. The highest BCUT2D eigenvalue weighted by atomic mass is 32.1. The van der Waals surface area contributed by atoms with Gasteiger partial charge in [0.1, 0.15) is 5.82 Å². The first kappa shape index (κ1) is 19.7. The first-order valence-corrected chi connectivity index (χ1v) is 10.2. The number of carbonyl (C=O) groups excluding carboxylic acids is 2. The van der Waals surface area contributed by atoms with Crippen LogP contribution in [0.1, 0.15) is 40.9 Å². The molecule has 0 bridgehead atoms. The highest BCUT2D eigenvalue weighted by Crippen LogP contribution is 2.20. The zero-order valence-corrected chi connectivity index (χ0v) is 16.2. The van der Waals surface area contributed by atoms with Gasteiger partial charge in [0.25, 0.3) is 0 Å². The normalized spacial score (nSPS) is 14.8. The molecule has 0 aromatic carbocycles. The molecule has 6 nitrogen and oxygen atoms in total. The molecule has 2 aromatic rings. The van der Waals surface area contributed by atoms with Gasteiger partial charge in [-0.3, -0.25) is 14.5 Å². The summed E-state index contributed by atoms with van der Waals surface area (Å²) < 4.78 is 5.34. The number of ether oxygens (including phenoxy) is 1. The number of unbranched alkanes of at least 4 members (excludes halogenated alkanes) is 2. The molecule has 0 spiro atoms. The summed E-state index contributed by atoms with van der Waals surface area (Å²) in [6.07, 6.45) is 4.94. The Balaban J connectivity index is 1.43. The van der Waals surface area contributed by atoms with Gasteiger partial charge in [0.2, 0.25) is 11.7 Å². The van der Waals surface area contributed by atoms with Crippen molar-refractivity contribution in [2.75, 3.05) is 38.2 Å². The Morgan fingerprint density at radius 3 is 2.78 bits per heavy atom. The average molecular weight is 388 g/mol. The summed E-state index contributed by atoms with van der Waals surface area (Å²) >= 11 is 1.38. The van der Waals surface area contributed by atoms with E-state index in [1.54, 1.807) is 24.4 Å². The van der Waals surface area contributed by atoms with Crippen LogP contribution >= 0.6 is 11.3 Å². The lowest BCUT2D eigenvalue weighted by Crippen LogP contribution is -2.36. The van der Waals surface area contributed by atoms with Crippen molar-refractivity contribution in [3.63, 3.8) is 0 Å². The van der Waals surface area contributed by atoms with Gasteiger partial charge in [-0.15, -0.1) is 11.3 Å². The van der Waals surface area contributed by atoms with E-state index in [1.165, 1.54) is 11.3 Å². The smallest absolute Gasteiger partial charge is 0.225 e. The molecule has 1 aliphatic heterocycles.